The Morgan fingerprint density at radius 3 is 2.56 bits per heavy atom. The van der Waals surface area contributed by atoms with Gasteiger partial charge in [0.2, 0.25) is 0 Å². The summed E-state index contributed by atoms with van der Waals surface area (Å²) in [6.45, 7) is 1.18. The number of rotatable bonds is 7. The molecule has 2 heterocycles. The van der Waals surface area contributed by atoms with Gasteiger partial charge in [-0.25, -0.2) is 4.98 Å². The molecule has 172 valence electrons. The average molecular weight is 452 g/mol. The number of aryl methyl sites for hydroxylation is 1. The van der Waals surface area contributed by atoms with E-state index in [0.717, 1.165) is 24.6 Å². The highest BCUT2D eigenvalue weighted by Gasteiger charge is 2.33. The van der Waals surface area contributed by atoms with Crippen LogP contribution in [0.5, 0.6) is 0 Å². The maximum absolute atomic E-state index is 12.8. The average Bonchev–Trinajstić information content (AvgIpc) is 3.15. The van der Waals surface area contributed by atoms with Crippen molar-refractivity contribution in [2.75, 3.05) is 33.3 Å². The Bertz CT molecular complexity index is 1070. The maximum Gasteiger partial charge on any atom is 0.433 e. The SMILES string of the molecule is COC.COCCCn1cc2cc(NC(=O)c3cccc(C(F)(F)F)n3)c(C=O)cc2n1. The molecular weight excluding hydrogens is 429 g/mol. The van der Waals surface area contributed by atoms with Crippen molar-refractivity contribution in [3.63, 3.8) is 0 Å². The summed E-state index contributed by atoms with van der Waals surface area (Å²) in [5, 5.41) is 7.48. The second-order valence-electron chi connectivity index (χ2n) is 6.62. The second-order valence-corrected chi connectivity index (χ2v) is 6.62. The first kappa shape index (κ1) is 25.0. The molecule has 0 saturated heterocycles. The molecule has 3 aromatic rings. The Morgan fingerprint density at radius 1 is 1.22 bits per heavy atom. The Kier molecular flexibility index (Phi) is 8.85. The molecule has 8 nitrogen and oxygen atoms in total. The summed E-state index contributed by atoms with van der Waals surface area (Å²) in [5.74, 6) is -0.856. The summed E-state index contributed by atoms with van der Waals surface area (Å²) in [7, 11) is 4.85. The lowest BCUT2D eigenvalue weighted by molar-refractivity contribution is -0.141. The minimum absolute atomic E-state index is 0.153. The van der Waals surface area contributed by atoms with Crippen molar-refractivity contribution < 1.29 is 32.2 Å². The van der Waals surface area contributed by atoms with Gasteiger partial charge in [0.15, 0.2) is 6.29 Å². The molecular formula is C21H23F3N4O4. The van der Waals surface area contributed by atoms with Gasteiger partial charge in [-0.05, 0) is 30.7 Å². The third kappa shape index (κ3) is 6.59. The summed E-state index contributed by atoms with van der Waals surface area (Å²) >= 11 is 0. The van der Waals surface area contributed by atoms with E-state index in [9.17, 15) is 22.8 Å². The van der Waals surface area contributed by atoms with E-state index in [1.54, 1.807) is 38.3 Å². The first-order valence-electron chi connectivity index (χ1n) is 9.44. The molecule has 0 bridgehead atoms. The van der Waals surface area contributed by atoms with E-state index < -0.39 is 23.5 Å². The first-order valence-corrected chi connectivity index (χ1v) is 9.44. The number of benzene rings is 1. The minimum Gasteiger partial charge on any atom is -0.388 e. The molecule has 0 aliphatic rings. The molecule has 0 aliphatic heterocycles. The van der Waals surface area contributed by atoms with Crippen LogP contribution < -0.4 is 5.32 Å². The van der Waals surface area contributed by atoms with E-state index in [-0.39, 0.29) is 11.3 Å². The number of pyridine rings is 1. The van der Waals surface area contributed by atoms with Crippen LogP contribution in [-0.4, -0.2) is 54.9 Å². The number of ether oxygens (including phenoxy) is 2. The van der Waals surface area contributed by atoms with Crippen molar-refractivity contribution in [1.29, 1.82) is 0 Å². The van der Waals surface area contributed by atoms with Crippen LogP contribution in [0.15, 0.2) is 36.5 Å². The summed E-state index contributed by atoms with van der Waals surface area (Å²) in [6.07, 6.45) is -1.63. The number of aromatic nitrogens is 3. The van der Waals surface area contributed by atoms with Crippen LogP contribution in [0, 0.1) is 0 Å². The summed E-state index contributed by atoms with van der Waals surface area (Å²) in [4.78, 5) is 27.2. The van der Waals surface area contributed by atoms with Gasteiger partial charge in [0.05, 0.1) is 11.2 Å². The predicted octanol–water partition coefficient (Wildman–Crippen LogP) is 3.81. The zero-order valence-corrected chi connectivity index (χ0v) is 17.8. The van der Waals surface area contributed by atoms with Crippen LogP contribution in [0.2, 0.25) is 0 Å². The zero-order valence-electron chi connectivity index (χ0n) is 17.8. The normalized spacial score (nSPS) is 11.1. The number of amides is 1. The monoisotopic (exact) mass is 452 g/mol. The molecule has 3 rings (SSSR count). The van der Waals surface area contributed by atoms with Gasteiger partial charge in [-0.3, -0.25) is 14.3 Å². The van der Waals surface area contributed by atoms with Crippen LogP contribution in [0.1, 0.15) is 33.0 Å². The molecule has 1 aromatic carbocycles. The number of hydrogen-bond donors (Lipinski definition) is 1. The summed E-state index contributed by atoms with van der Waals surface area (Å²) in [5.41, 5.74) is -0.714. The molecule has 0 fully saturated rings. The van der Waals surface area contributed by atoms with E-state index >= 15 is 0 Å². The number of aldehydes is 1. The van der Waals surface area contributed by atoms with E-state index in [0.29, 0.717) is 30.3 Å². The first-order chi connectivity index (χ1) is 15.2. The fraction of sp³-hybridized carbons (Fsp3) is 0.333. The van der Waals surface area contributed by atoms with Gasteiger partial charge in [-0.15, -0.1) is 0 Å². The van der Waals surface area contributed by atoms with Crippen molar-refractivity contribution in [2.24, 2.45) is 0 Å². The molecule has 0 saturated carbocycles. The number of carbonyl (C=O) groups excluding carboxylic acids is 2. The smallest absolute Gasteiger partial charge is 0.388 e. The van der Waals surface area contributed by atoms with Gasteiger partial charge in [0.25, 0.3) is 5.91 Å². The van der Waals surface area contributed by atoms with Crippen LogP contribution in [0.3, 0.4) is 0 Å². The van der Waals surface area contributed by atoms with Crippen molar-refractivity contribution >= 4 is 28.8 Å². The number of carbonyl (C=O) groups is 2. The number of fused-ring (bicyclic) bond motifs is 1. The number of nitrogens with zero attached hydrogens (tertiary/aromatic N) is 3. The number of methoxy groups -OCH3 is 2. The third-order valence-electron chi connectivity index (χ3n) is 4.11. The van der Waals surface area contributed by atoms with E-state index in [2.05, 4.69) is 20.1 Å². The highest BCUT2D eigenvalue weighted by atomic mass is 19.4. The van der Waals surface area contributed by atoms with Gasteiger partial charge < -0.3 is 14.8 Å². The molecule has 32 heavy (non-hydrogen) atoms. The van der Waals surface area contributed by atoms with Gasteiger partial charge in [0.1, 0.15) is 11.4 Å². The largest absolute Gasteiger partial charge is 0.433 e. The van der Waals surface area contributed by atoms with Gasteiger partial charge in [-0.1, -0.05) is 6.07 Å². The van der Waals surface area contributed by atoms with Gasteiger partial charge in [0, 0.05) is 51.6 Å². The highest BCUT2D eigenvalue weighted by molar-refractivity contribution is 6.07. The van der Waals surface area contributed by atoms with E-state index in [1.165, 1.54) is 6.07 Å². The molecule has 0 unspecified atom stereocenters. The number of halogens is 3. The number of anilines is 1. The van der Waals surface area contributed by atoms with Crippen LogP contribution in [0.25, 0.3) is 10.9 Å². The zero-order chi connectivity index (χ0) is 23.7. The van der Waals surface area contributed by atoms with Crippen molar-refractivity contribution in [3.05, 3.63) is 53.5 Å². The highest BCUT2D eigenvalue weighted by Crippen LogP contribution is 2.28. The summed E-state index contributed by atoms with van der Waals surface area (Å²) < 4.78 is 49.4. The van der Waals surface area contributed by atoms with Crippen molar-refractivity contribution in [3.8, 4) is 0 Å². The van der Waals surface area contributed by atoms with Crippen LogP contribution in [-0.2, 0) is 22.2 Å². The van der Waals surface area contributed by atoms with Crippen LogP contribution >= 0.6 is 0 Å². The molecule has 0 radical (unpaired) electrons. The lowest BCUT2D eigenvalue weighted by atomic mass is 10.1. The fourth-order valence-corrected chi connectivity index (χ4v) is 2.74. The topological polar surface area (TPSA) is 95.3 Å². The standard InChI is InChI=1S/C19H17F3N4O3.C2H6O/c1-29-7-3-6-26-10-12-8-15(13(11-27)9-16(12)25-26)24-18(28)14-4-2-5-17(23-14)19(20,21)22;1-3-2/h2,4-5,8-11H,3,6-7H2,1H3,(H,24,28);1-2H3. The Labute approximate surface area is 182 Å². The fourth-order valence-electron chi connectivity index (χ4n) is 2.74. The van der Waals surface area contributed by atoms with E-state index in [4.69, 9.17) is 4.74 Å². The molecule has 11 heteroatoms. The Balaban J connectivity index is 0.00000114. The van der Waals surface area contributed by atoms with E-state index in [1.807, 2.05) is 0 Å². The second kappa shape index (κ2) is 11.3. The van der Waals surface area contributed by atoms with Gasteiger partial charge >= 0.3 is 6.18 Å². The minimum atomic E-state index is -4.67. The molecule has 0 spiro atoms. The lowest BCUT2D eigenvalue weighted by Crippen LogP contribution is -2.17. The number of alkyl halides is 3. The number of hydrogen-bond acceptors (Lipinski definition) is 6. The molecule has 1 amide bonds. The predicted molar refractivity (Wildman–Crippen MR) is 112 cm³/mol. The maximum atomic E-state index is 12.8. The molecule has 1 N–H and O–H groups in total. The Hall–Kier alpha value is -3.31. The van der Waals surface area contributed by atoms with Crippen LogP contribution in [0.4, 0.5) is 18.9 Å². The van der Waals surface area contributed by atoms with Crippen molar-refractivity contribution in [2.45, 2.75) is 19.1 Å². The Morgan fingerprint density at radius 2 is 1.94 bits per heavy atom. The molecule has 0 atom stereocenters. The summed E-state index contributed by atoms with van der Waals surface area (Å²) in [6, 6.07) is 6.09. The van der Waals surface area contributed by atoms with Gasteiger partial charge in [-0.2, -0.15) is 18.3 Å². The quantitative estimate of drug-likeness (QED) is 0.433. The van der Waals surface area contributed by atoms with Crippen molar-refractivity contribution in [1.82, 2.24) is 14.8 Å². The number of nitrogens with one attached hydrogen (secondary N) is 1. The molecule has 2 aromatic heterocycles. The third-order valence-corrected chi connectivity index (χ3v) is 4.11. The lowest BCUT2D eigenvalue weighted by Gasteiger charge is -2.09. The molecule has 0 aliphatic carbocycles.